The van der Waals surface area contributed by atoms with Gasteiger partial charge in [-0.2, -0.15) is 0 Å². The molecule has 3 aliphatic heterocycles. The summed E-state index contributed by atoms with van der Waals surface area (Å²) in [7, 11) is 0. The van der Waals surface area contributed by atoms with E-state index >= 15 is 0 Å². The first-order valence-electron chi connectivity index (χ1n) is 10.3. The number of nitrogens with one attached hydrogen (secondary N) is 1. The molecule has 5 rings (SSSR count). The molecule has 1 N–H and O–H groups in total. The van der Waals surface area contributed by atoms with Gasteiger partial charge in [-0.3, -0.25) is 9.69 Å². The first-order valence-corrected chi connectivity index (χ1v) is 10.3. The van der Waals surface area contributed by atoms with Crippen LogP contribution in [0.4, 0.5) is 0 Å². The van der Waals surface area contributed by atoms with Gasteiger partial charge in [0.25, 0.3) is 5.56 Å². The first kappa shape index (κ1) is 22.4. The minimum Gasteiger partial charge on any atom is -0.316 e. The zero-order valence-corrected chi connectivity index (χ0v) is 18.8. The van der Waals surface area contributed by atoms with Crippen LogP contribution in [0.2, 0.25) is 0 Å². The minimum absolute atomic E-state index is 0. The van der Waals surface area contributed by atoms with Gasteiger partial charge in [0.05, 0.1) is 0 Å². The van der Waals surface area contributed by atoms with Crippen LogP contribution in [-0.2, 0) is 26.1 Å². The summed E-state index contributed by atoms with van der Waals surface area (Å²) in [6.07, 6.45) is 2.26. The van der Waals surface area contributed by atoms with E-state index in [-0.39, 0.29) is 35.9 Å². The van der Waals surface area contributed by atoms with Crippen LogP contribution in [0.1, 0.15) is 48.6 Å². The average molecular weight is 436 g/mol. The third-order valence-corrected chi connectivity index (χ3v) is 6.91. The quantitative estimate of drug-likeness (QED) is 0.780. The van der Waals surface area contributed by atoms with Gasteiger partial charge < -0.3 is 9.88 Å². The molecule has 0 aliphatic carbocycles. The molecule has 29 heavy (non-hydrogen) atoms. The third-order valence-electron chi connectivity index (χ3n) is 6.91. The fraction of sp³-hybridized carbons (Fsp3) is 0.522. The Balaban J connectivity index is 0.00000120. The highest BCUT2D eigenvalue weighted by atomic mass is 35.5. The van der Waals surface area contributed by atoms with Crippen molar-refractivity contribution in [1.82, 2.24) is 14.8 Å². The monoisotopic (exact) mass is 435 g/mol. The molecule has 2 bridgehead atoms. The maximum absolute atomic E-state index is 13.3. The second kappa shape index (κ2) is 8.43. The lowest BCUT2D eigenvalue weighted by Gasteiger charge is -2.43. The molecule has 3 aliphatic rings. The van der Waals surface area contributed by atoms with Gasteiger partial charge in [-0.1, -0.05) is 30.3 Å². The molecule has 1 fully saturated rings. The van der Waals surface area contributed by atoms with Crippen molar-refractivity contribution in [2.75, 3.05) is 13.1 Å². The molecule has 4 heterocycles. The van der Waals surface area contributed by atoms with E-state index in [4.69, 9.17) is 0 Å². The van der Waals surface area contributed by atoms with Crippen molar-refractivity contribution in [1.29, 1.82) is 0 Å². The molecule has 2 atom stereocenters. The van der Waals surface area contributed by atoms with E-state index in [1.165, 1.54) is 23.2 Å². The Morgan fingerprint density at radius 2 is 1.83 bits per heavy atom. The molecular weight excluding hydrogens is 405 g/mol. The van der Waals surface area contributed by atoms with E-state index in [1.807, 2.05) is 0 Å². The van der Waals surface area contributed by atoms with Gasteiger partial charge in [0.2, 0.25) is 0 Å². The Labute approximate surface area is 185 Å². The number of pyridine rings is 1. The van der Waals surface area contributed by atoms with Crippen molar-refractivity contribution in [2.45, 2.75) is 57.8 Å². The molecule has 0 unspecified atom stereocenters. The van der Waals surface area contributed by atoms with Gasteiger partial charge in [-0.25, -0.2) is 0 Å². The number of halogens is 2. The lowest BCUT2D eigenvalue weighted by Crippen LogP contribution is -2.49. The molecule has 1 aromatic heterocycles. The van der Waals surface area contributed by atoms with Gasteiger partial charge in [0, 0.05) is 48.9 Å². The number of fused-ring (bicyclic) bond motifs is 5. The van der Waals surface area contributed by atoms with Crippen molar-refractivity contribution >= 4 is 24.8 Å². The Morgan fingerprint density at radius 1 is 1.07 bits per heavy atom. The average Bonchev–Trinajstić information content (AvgIpc) is 2.65. The number of aromatic nitrogens is 1. The maximum Gasteiger partial charge on any atom is 0.255 e. The van der Waals surface area contributed by atoms with Crippen molar-refractivity contribution in [3.8, 4) is 0 Å². The van der Waals surface area contributed by atoms with Crippen LogP contribution in [0.3, 0.4) is 0 Å². The van der Waals surface area contributed by atoms with E-state index in [1.54, 1.807) is 0 Å². The Morgan fingerprint density at radius 3 is 2.62 bits per heavy atom. The van der Waals surface area contributed by atoms with Crippen molar-refractivity contribution in [3.63, 3.8) is 0 Å². The number of rotatable bonds is 2. The van der Waals surface area contributed by atoms with Gasteiger partial charge in [0.15, 0.2) is 0 Å². The SMILES string of the molecule is CC1(C)Cc2ccccc2CN1Cc1ccc2n(c1=O)C[C@@H]1CNC[C@H]2C1.Cl.Cl. The molecule has 158 valence electrons. The van der Waals surface area contributed by atoms with Gasteiger partial charge in [-0.15, -0.1) is 24.8 Å². The fourth-order valence-corrected chi connectivity index (χ4v) is 5.31. The molecule has 4 nitrogen and oxygen atoms in total. The van der Waals surface area contributed by atoms with Crippen molar-refractivity contribution < 1.29 is 0 Å². The van der Waals surface area contributed by atoms with Crippen LogP contribution in [0.15, 0.2) is 41.2 Å². The van der Waals surface area contributed by atoms with Crippen molar-refractivity contribution in [2.24, 2.45) is 5.92 Å². The zero-order chi connectivity index (χ0) is 18.6. The Bertz CT molecular complexity index is 940. The zero-order valence-electron chi connectivity index (χ0n) is 17.2. The minimum atomic E-state index is 0. The third kappa shape index (κ3) is 4.00. The van der Waals surface area contributed by atoms with Crippen LogP contribution in [0.25, 0.3) is 0 Å². The summed E-state index contributed by atoms with van der Waals surface area (Å²) in [5.41, 5.74) is 5.31. The second-order valence-corrected chi connectivity index (χ2v) is 9.27. The normalized spacial score (nSPS) is 24.5. The number of hydrogen-bond acceptors (Lipinski definition) is 3. The highest BCUT2D eigenvalue weighted by molar-refractivity contribution is 5.85. The second-order valence-electron chi connectivity index (χ2n) is 9.27. The summed E-state index contributed by atoms with van der Waals surface area (Å²) in [5, 5.41) is 3.52. The highest BCUT2D eigenvalue weighted by Crippen LogP contribution is 2.33. The highest BCUT2D eigenvalue weighted by Gasteiger charge is 2.34. The Kier molecular flexibility index (Phi) is 6.50. The van der Waals surface area contributed by atoms with E-state index in [0.29, 0.717) is 11.8 Å². The predicted octanol–water partition coefficient (Wildman–Crippen LogP) is 3.74. The summed E-state index contributed by atoms with van der Waals surface area (Å²) in [5.74, 6) is 1.10. The summed E-state index contributed by atoms with van der Waals surface area (Å²) in [6, 6.07) is 13.0. The van der Waals surface area contributed by atoms with Crippen LogP contribution in [0.5, 0.6) is 0 Å². The lowest BCUT2D eigenvalue weighted by atomic mass is 9.83. The topological polar surface area (TPSA) is 37.3 Å². The van der Waals surface area contributed by atoms with E-state index in [0.717, 1.165) is 44.7 Å². The van der Waals surface area contributed by atoms with Gasteiger partial charge in [-0.05, 0) is 56.3 Å². The smallest absolute Gasteiger partial charge is 0.255 e. The number of nitrogens with zero attached hydrogens (tertiary/aromatic N) is 2. The van der Waals surface area contributed by atoms with Crippen LogP contribution < -0.4 is 10.9 Å². The molecule has 6 heteroatoms. The maximum atomic E-state index is 13.3. The van der Waals surface area contributed by atoms with E-state index < -0.39 is 0 Å². The predicted molar refractivity (Wildman–Crippen MR) is 122 cm³/mol. The molecule has 2 aromatic rings. The summed E-state index contributed by atoms with van der Waals surface area (Å²) in [4.78, 5) is 15.8. The molecule has 0 saturated carbocycles. The van der Waals surface area contributed by atoms with Crippen LogP contribution >= 0.6 is 24.8 Å². The molecule has 0 radical (unpaired) electrons. The number of piperidine rings is 1. The van der Waals surface area contributed by atoms with Crippen molar-refractivity contribution in [3.05, 3.63) is 69.1 Å². The summed E-state index contributed by atoms with van der Waals surface area (Å²) in [6.45, 7) is 9.17. The summed E-state index contributed by atoms with van der Waals surface area (Å²) < 4.78 is 2.08. The molecule has 0 spiro atoms. The first-order chi connectivity index (χ1) is 13.0. The lowest BCUT2D eigenvalue weighted by molar-refractivity contribution is 0.0881. The summed E-state index contributed by atoms with van der Waals surface area (Å²) >= 11 is 0. The van der Waals surface area contributed by atoms with Gasteiger partial charge >= 0.3 is 0 Å². The van der Waals surface area contributed by atoms with Crippen LogP contribution in [0, 0.1) is 5.92 Å². The standard InChI is InChI=1S/C23H29N3O.2ClH/c1-23(2)10-17-5-3-4-6-18(17)14-25(23)15-19-7-8-21-20-9-16(11-24-12-20)13-26(21)22(19)27;;/h3-8,16,20,24H,9-15H2,1-2H3;2*1H/t16-,20+;;/m0../s1. The van der Waals surface area contributed by atoms with E-state index in [9.17, 15) is 4.79 Å². The largest absolute Gasteiger partial charge is 0.316 e. The van der Waals surface area contributed by atoms with Crippen LogP contribution in [-0.4, -0.2) is 28.1 Å². The molecule has 1 saturated heterocycles. The van der Waals surface area contributed by atoms with Gasteiger partial charge in [0.1, 0.15) is 0 Å². The Hall–Kier alpha value is -1.33. The fourth-order valence-electron chi connectivity index (χ4n) is 5.31. The number of benzene rings is 1. The molecule has 1 aromatic carbocycles. The molecular formula is C23H31Cl2N3O. The molecule has 0 amide bonds. The number of hydrogen-bond donors (Lipinski definition) is 1. The van der Waals surface area contributed by atoms with E-state index in [2.05, 4.69) is 65.0 Å².